The van der Waals surface area contributed by atoms with Gasteiger partial charge in [0.1, 0.15) is 11.6 Å². The first kappa shape index (κ1) is 14.8. The summed E-state index contributed by atoms with van der Waals surface area (Å²) in [6, 6.07) is 3.34. The summed E-state index contributed by atoms with van der Waals surface area (Å²) in [5, 5.41) is 13.5. The molecule has 1 aromatic rings. The van der Waals surface area contributed by atoms with Gasteiger partial charge in [0, 0.05) is 24.2 Å². The lowest BCUT2D eigenvalue weighted by Crippen LogP contribution is -2.44. The molecule has 0 aliphatic carbocycles. The highest BCUT2D eigenvalue weighted by molar-refractivity contribution is 7.99. The topological polar surface area (TPSA) is 32.3 Å². The van der Waals surface area contributed by atoms with Crippen LogP contribution in [0.5, 0.6) is 0 Å². The molecule has 1 aliphatic rings. The molecule has 2 N–H and O–H groups in total. The van der Waals surface area contributed by atoms with Crippen LogP contribution in [0.25, 0.3) is 0 Å². The molecule has 1 aromatic carbocycles. The number of halogens is 2. The van der Waals surface area contributed by atoms with E-state index in [4.69, 9.17) is 0 Å². The molecule has 1 fully saturated rings. The van der Waals surface area contributed by atoms with E-state index in [0.29, 0.717) is 12.1 Å². The Labute approximate surface area is 116 Å². The van der Waals surface area contributed by atoms with E-state index in [-0.39, 0.29) is 6.04 Å². The Morgan fingerprint density at radius 3 is 2.68 bits per heavy atom. The highest BCUT2D eigenvalue weighted by atomic mass is 32.2. The highest BCUT2D eigenvalue weighted by Crippen LogP contribution is 2.27. The van der Waals surface area contributed by atoms with Gasteiger partial charge >= 0.3 is 0 Å². The average molecular weight is 287 g/mol. The van der Waals surface area contributed by atoms with Crippen LogP contribution in [0.3, 0.4) is 0 Å². The van der Waals surface area contributed by atoms with Gasteiger partial charge < -0.3 is 10.4 Å². The van der Waals surface area contributed by atoms with E-state index in [0.717, 1.165) is 30.4 Å². The van der Waals surface area contributed by atoms with Crippen LogP contribution < -0.4 is 5.32 Å². The first-order valence-electron chi connectivity index (χ1n) is 6.49. The van der Waals surface area contributed by atoms with Crippen molar-refractivity contribution in [2.45, 2.75) is 31.4 Å². The third-order valence-corrected chi connectivity index (χ3v) is 4.58. The van der Waals surface area contributed by atoms with Crippen molar-refractivity contribution in [2.75, 3.05) is 18.1 Å². The van der Waals surface area contributed by atoms with Crippen LogP contribution in [-0.4, -0.2) is 28.8 Å². The maximum absolute atomic E-state index is 13.6. The second-order valence-electron chi connectivity index (χ2n) is 5.11. The number of nitrogens with one attached hydrogen (secondary N) is 1. The summed E-state index contributed by atoms with van der Waals surface area (Å²) in [5.41, 5.74) is -0.272. The minimum atomic E-state index is -0.698. The zero-order valence-electron chi connectivity index (χ0n) is 11.0. The third-order valence-electron chi connectivity index (χ3n) is 3.59. The molecule has 2 nitrogen and oxygen atoms in total. The standard InChI is InChI=1S/C14H19F2NOS/c1-10(12-3-2-11(15)8-13(12)16)17-9-14(18)4-6-19-7-5-14/h2-3,8,10,17-18H,4-7,9H2,1H3. The summed E-state index contributed by atoms with van der Waals surface area (Å²) < 4.78 is 26.5. The van der Waals surface area contributed by atoms with Crippen LogP contribution in [0.2, 0.25) is 0 Å². The summed E-state index contributed by atoms with van der Waals surface area (Å²) >= 11 is 1.84. The smallest absolute Gasteiger partial charge is 0.130 e. The minimum Gasteiger partial charge on any atom is -0.389 e. The Morgan fingerprint density at radius 1 is 1.37 bits per heavy atom. The number of thioether (sulfide) groups is 1. The lowest BCUT2D eigenvalue weighted by atomic mass is 9.96. The van der Waals surface area contributed by atoms with E-state index in [2.05, 4.69) is 5.32 Å². The van der Waals surface area contributed by atoms with Crippen LogP contribution in [0.1, 0.15) is 31.4 Å². The first-order chi connectivity index (χ1) is 9.00. The molecule has 1 saturated heterocycles. The predicted octanol–water partition coefficient (Wildman–Crippen LogP) is 2.87. The molecule has 1 atom stereocenters. The maximum atomic E-state index is 13.6. The summed E-state index contributed by atoms with van der Waals surface area (Å²) in [4.78, 5) is 0. The zero-order chi connectivity index (χ0) is 13.9. The Kier molecular flexibility index (Phi) is 4.81. The van der Waals surface area contributed by atoms with Crippen molar-refractivity contribution in [3.8, 4) is 0 Å². The van der Waals surface area contributed by atoms with Gasteiger partial charge in [0.15, 0.2) is 0 Å². The van der Waals surface area contributed by atoms with Gasteiger partial charge in [0.25, 0.3) is 0 Å². The summed E-state index contributed by atoms with van der Waals surface area (Å²) in [5.74, 6) is 0.789. The van der Waals surface area contributed by atoms with Crippen LogP contribution in [0.15, 0.2) is 18.2 Å². The fraction of sp³-hybridized carbons (Fsp3) is 0.571. The summed E-state index contributed by atoms with van der Waals surface area (Å²) in [6.07, 6.45) is 1.51. The number of aliphatic hydroxyl groups is 1. The molecule has 2 rings (SSSR count). The van der Waals surface area contributed by atoms with E-state index in [1.54, 1.807) is 0 Å². The molecule has 0 aromatic heterocycles. The molecule has 19 heavy (non-hydrogen) atoms. The second kappa shape index (κ2) is 6.20. The minimum absolute atomic E-state index is 0.251. The van der Waals surface area contributed by atoms with E-state index in [1.807, 2.05) is 18.7 Å². The Bertz CT molecular complexity index is 435. The molecular formula is C14H19F2NOS. The predicted molar refractivity (Wildman–Crippen MR) is 74.3 cm³/mol. The van der Waals surface area contributed by atoms with Gasteiger partial charge in [-0.1, -0.05) is 6.07 Å². The molecule has 0 amide bonds. The van der Waals surface area contributed by atoms with Gasteiger partial charge in [0.2, 0.25) is 0 Å². The first-order valence-corrected chi connectivity index (χ1v) is 7.64. The number of hydrogen-bond donors (Lipinski definition) is 2. The van der Waals surface area contributed by atoms with Crippen LogP contribution in [0, 0.1) is 11.6 Å². The molecule has 0 saturated carbocycles. The van der Waals surface area contributed by atoms with Gasteiger partial charge in [-0.25, -0.2) is 8.78 Å². The van der Waals surface area contributed by atoms with Crippen LogP contribution in [0.4, 0.5) is 8.78 Å². The molecule has 5 heteroatoms. The average Bonchev–Trinajstić information content (AvgIpc) is 2.37. The van der Waals surface area contributed by atoms with Crippen molar-refractivity contribution in [2.24, 2.45) is 0 Å². The summed E-state index contributed by atoms with van der Waals surface area (Å²) in [6.45, 7) is 2.25. The lowest BCUT2D eigenvalue weighted by molar-refractivity contribution is 0.0299. The molecule has 1 aliphatic heterocycles. The number of rotatable bonds is 4. The molecule has 0 spiro atoms. The Balaban J connectivity index is 1.95. The zero-order valence-corrected chi connectivity index (χ0v) is 11.8. The fourth-order valence-electron chi connectivity index (χ4n) is 2.23. The maximum Gasteiger partial charge on any atom is 0.130 e. The van der Waals surface area contributed by atoms with Crippen molar-refractivity contribution in [3.05, 3.63) is 35.4 Å². The van der Waals surface area contributed by atoms with Crippen LogP contribution >= 0.6 is 11.8 Å². The van der Waals surface area contributed by atoms with Gasteiger partial charge in [-0.05, 0) is 37.3 Å². The van der Waals surface area contributed by atoms with E-state index in [9.17, 15) is 13.9 Å². The molecule has 1 unspecified atom stereocenters. The van der Waals surface area contributed by atoms with Gasteiger partial charge in [-0.2, -0.15) is 11.8 Å². The molecule has 106 valence electrons. The highest BCUT2D eigenvalue weighted by Gasteiger charge is 2.29. The monoisotopic (exact) mass is 287 g/mol. The second-order valence-corrected chi connectivity index (χ2v) is 6.33. The number of hydrogen-bond acceptors (Lipinski definition) is 3. The van der Waals surface area contributed by atoms with Crippen molar-refractivity contribution < 1.29 is 13.9 Å². The largest absolute Gasteiger partial charge is 0.389 e. The molecule has 0 bridgehead atoms. The van der Waals surface area contributed by atoms with Crippen molar-refractivity contribution in [1.82, 2.24) is 5.32 Å². The SMILES string of the molecule is CC(NCC1(O)CCSCC1)c1ccc(F)cc1F. The summed E-state index contributed by atoms with van der Waals surface area (Å²) in [7, 11) is 0. The van der Waals surface area contributed by atoms with E-state index >= 15 is 0 Å². The van der Waals surface area contributed by atoms with E-state index in [1.165, 1.54) is 12.1 Å². The van der Waals surface area contributed by atoms with Gasteiger partial charge in [-0.15, -0.1) is 0 Å². The normalized spacial score (nSPS) is 20.2. The Morgan fingerprint density at radius 2 is 2.05 bits per heavy atom. The Hall–Kier alpha value is -0.650. The van der Waals surface area contributed by atoms with Crippen LogP contribution in [-0.2, 0) is 0 Å². The van der Waals surface area contributed by atoms with Gasteiger partial charge in [0.05, 0.1) is 5.60 Å². The quantitative estimate of drug-likeness (QED) is 0.893. The van der Waals surface area contributed by atoms with Crippen molar-refractivity contribution in [3.63, 3.8) is 0 Å². The molecule has 1 heterocycles. The fourth-order valence-corrected chi connectivity index (χ4v) is 3.49. The van der Waals surface area contributed by atoms with Gasteiger partial charge in [-0.3, -0.25) is 0 Å². The lowest BCUT2D eigenvalue weighted by Gasteiger charge is -2.33. The molecular weight excluding hydrogens is 268 g/mol. The third kappa shape index (κ3) is 3.91. The molecule has 0 radical (unpaired) electrons. The van der Waals surface area contributed by atoms with Crippen molar-refractivity contribution in [1.29, 1.82) is 0 Å². The van der Waals surface area contributed by atoms with E-state index < -0.39 is 17.2 Å². The van der Waals surface area contributed by atoms with Crippen molar-refractivity contribution >= 4 is 11.8 Å². The number of benzene rings is 1.